The summed E-state index contributed by atoms with van der Waals surface area (Å²) in [7, 11) is -1.83. The average molecular weight is 1980 g/mol. The van der Waals surface area contributed by atoms with Crippen molar-refractivity contribution in [1.82, 2.24) is 88.6 Å². The molecule has 6 fully saturated rings. The standard InChI is InChI=1S/C32H38N8O5.C26H33FN8O4.C20H30IN7O2.C6H5BFNO4.C6H6O.CH4/c1-32(2,3)45-31(41)38-17-15-37(16-18-38)22-10-12-23(13-11-22)39-30-27(29(33)34-20-35-30)28(36-39)21-9-14-26(25(19-21)40(42)43)44-24-7-5-4-6-8-24;1-26(2,3)39-25(36)33-12-10-32(11-13-33)17-5-7-18(8-6-17)34-24-21(23(28)29-15-30-24)22(31-34)16-4-9-19(27)20(14-16)35(37)38;1-20(2,3)30-19(29)27-10-8-26(9-11-27)13-4-6-14(7-5-13)28-18-15(16(21)25-28)17(22)23-12-24-18;8-5-2-1-4(7(10)11)3-6(5)9(12)13;7-6-4-2-1-3-5-6;/h4-9,14,19-20,22-23H,10-13,15-18H2,1-3H3,(H2,33,34,35);4,9,14-15,17-18H,5-8,10-13H2,1-3H3,(H2,28,29,30);12-14H,4-11H2,1-3H3,(H2,22,23,24);1-3,10-11H;1-5,7H;1H4. The number of benzene rings is 5. The minimum absolute atomic E-state index is 0. The van der Waals surface area contributed by atoms with Crippen LogP contribution in [-0.4, -0.2) is 257 Å². The zero-order valence-electron chi connectivity index (χ0n) is 76.1. The number of nitro benzene ring substituents is 3. The van der Waals surface area contributed by atoms with E-state index in [2.05, 4.69) is 67.2 Å². The van der Waals surface area contributed by atoms with Gasteiger partial charge in [-0.3, -0.25) is 45.0 Å². The van der Waals surface area contributed by atoms with Gasteiger partial charge in [0, 0.05) is 126 Å². The molecule has 40 nitrogen and oxygen atoms in total. The van der Waals surface area contributed by atoms with E-state index in [1.54, 1.807) is 70.5 Å². The Morgan fingerprint density at radius 2 is 0.748 bits per heavy atom. The van der Waals surface area contributed by atoms with Gasteiger partial charge in [-0.25, -0.2) is 58.3 Å². The van der Waals surface area contributed by atoms with Gasteiger partial charge in [0.15, 0.2) is 22.8 Å². The third-order valence-corrected chi connectivity index (χ3v) is 24.8. The van der Waals surface area contributed by atoms with Crippen molar-refractivity contribution in [2.45, 2.75) is 200 Å². The number of nitrogen functional groups attached to an aromatic ring is 3. The Bertz CT molecular complexity index is 5960. The number of amides is 3. The Morgan fingerprint density at radius 3 is 1.10 bits per heavy atom. The summed E-state index contributed by atoms with van der Waals surface area (Å²) in [6, 6.07) is 30.6. The minimum Gasteiger partial charge on any atom is -0.508 e. The van der Waals surface area contributed by atoms with E-state index in [-0.39, 0.29) is 66.3 Å². The molecule has 6 aliphatic rings. The van der Waals surface area contributed by atoms with Crippen LogP contribution in [0.1, 0.15) is 165 Å². The number of carbonyl (C=O) groups is 3. The van der Waals surface area contributed by atoms with Crippen molar-refractivity contribution in [3.8, 4) is 39.8 Å². The number of aromatic nitrogens is 12. The van der Waals surface area contributed by atoms with E-state index >= 15 is 0 Å². The molecule has 44 heteroatoms. The first-order valence-corrected chi connectivity index (χ1v) is 45.6. The number of phenolic OH excluding ortho intramolecular Hbond substituents is 1. The van der Waals surface area contributed by atoms with Crippen LogP contribution in [-0.2, 0) is 14.2 Å². The Morgan fingerprint density at radius 1 is 0.430 bits per heavy atom. The van der Waals surface area contributed by atoms with Crippen LogP contribution in [0.3, 0.4) is 0 Å². The van der Waals surface area contributed by atoms with Crippen LogP contribution in [0.25, 0.3) is 55.6 Å². The molecule has 5 aromatic carbocycles. The normalized spacial score (nSPS) is 19.1. The first kappa shape index (κ1) is 101. The van der Waals surface area contributed by atoms with Crippen LogP contribution in [0.4, 0.5) is 57.7 Å². The Balaban J connectivity index is 0.000000166. The lowest BCUT2D eigenvalue weighted by atomic mass is 9.80. The first-order valence-electron chi connectivity index (χ1n) is 44.5. The molecule has 3 aliphatic heterocycles. The molecule has 720 valence electrons. The number of rotatable bonds is 14. The monoisotopic (exact) mass is 1980 g/mol. The number of hydrogen-bond acceptors (Lipinski definition) is 31. The number of fused-ring (bicyclic) bond motifs is 3. The number of aromatic hydroxyl groups is 1. The van der Waals surface area contributed by atoms with Gasteiger partial charge in [0.1, 0.15) is 79.8 Å². The van der Waals surface area contributed by atoms with Gasteiger partial charge < -0.3 is 66.0 Å². The van der Waals surface area contributed by atoms with E-state index in [0.717, 1.165) is 168 Å². The summed E-state index contributed by atoms with van der Waals surface area (Å²) in [4.78, 5) is 107. The molecule has 9 N–H and O–H groups in total. The smallest absolute Gasteiger partial charge is 0.488 e. The maximum Gasteiger partial charge on any atom is 0.488 e. The second kappa shape index (κ2) is 44.1. The lowest BCUT2D eigenvalue weighted by molar-refractivity contribution is -0.387. The number of nitrogens with zero attached hydrogens (tertiary/aromatic N) is 21. The number of anilines is 3. The van der Waals surface area contributed by atoms with Crippen molar-refractivity contribution in [3.63, 3.8) is 0 Å². The fourth-order valence-corrected chi connectivity index (χ4v) is 18.2. The lowest BCUT2D eigenvalue weighted by Crippen LogP contribution is -2.53. The molecule has 3 aliphatic carbocycles. The van der Waals surface area contributed by atoms with Crippen molar-refractivity contribution in [1.29, 1.82) is 0 Å². The number of phenols is 1. The summed E-state index contributed by atoms with van der Waals surface area (Å²) in [5.74, 6) is 0.00953. The molecule has 17 rings (SSSR count). The van der Waals surface area contributed by atoms with Crippen molar-refractivity contribution < 1.29 is 72.0 Å². The van der Waals surface area contributed by atoms with Gasteiger partial charge in [-0.1, -0.05) is 49.9 Å². The predicted octanol–water partition coefficient (Wildman–Crippen LogP) is 14.5. The number of carbonyl (C=O) groups excluding carboxylic acids is 3. The number of para-hydroxylation sites is 2. The Labute approximate surface area is 792 Å². The van der Waals surface area contributed by atoms with Crippen LogP contribution in [0, 0.1) is 45.7 Å². The van der Waals surface area contributed by atoms with Gasteiger partial charge in [0.2, 0.25) is 11.6 Å². The first-order chi connectivity index (χ1) is 63.7. The van der Waals surface area contributed by atoms with Crippen LogP contribution >= 0.6 is 22.6 Å². The number of hydrogen-bond donors (Lipinski definition) is 6. The van der Waals surface area contributed by atoms with Crippen LogP contribution in [0.5, 0.6) is 17.2 Å². The highest BCUT2D eigenvalue weighted by Gasteiger charge is 2.39. The number of nitro groups is 3. The van der Waals surface area contributed by atoms with E-state index in [1.165, 1.54) is 37.2 Å². The zero-order valence-corrected chi connectivity index (χ0v) is 78.3. The molecule has 0 radical (unpaired) electrons. The molecule has 0 unspecified atom stereocenters. The van der Waals surface area contributed by atoms with Crippen LogP contribution in [0.15, 0.2) is 134 Å². The quantitative estimate of drug-likeness (QED) is 0.0194. The molecular weight excluding hydrogens is 1860 g/mol. The number of nitrogens with two attached hydrogens (primary N) is 3. The van der Waals surface area contributed by atoms with Crippen LogP contribution < -0.4 is 27.4 Å². The molecule has 6 aromatic heterocycles. The lowest BCUT2D eigenvalue weighted by Gasteiger charge is -2.42. The molecule has 135 heavy (non-hydrogen) atoms. The van der Waals surface area contributed by atoms with E-state index < -0.39 is 61.7 Å². The fraction of sp³-hybridized carbons (Fsp3) is 0.473. The van der Waals surface area contributed by atoms with Crippen molar-refractivity contribution in [3.05, 3.63) is 180 Å². The highest BCUT2D eigenvalue weighted by atomic mass is 127. The summed E-state index contributed by atoms with van der Waals surface area (Å²) in [5.41, 5.74) is 19.2. The van der Waals surface area contributed by atoms with Gasteiger partial charge in [-0.05, 0) is 222 Å². The molecule has 3 amide bonds. The number of piperazine rings is 3. The number of ether oxygens (including phenoxy) is 4. The maximum atomic E-state index is 14.0. The molecule has 3 saturated carbocycles. The summed E-state index contributed by atoms with van der Waals surface area (Å²) < 4.78 is 55.7. The Kier molecular flexibility index (Phi) is 33.1. The van der Waals surface area contributed by atoms with Gasteiger partial charge >= 0.3 is 42.5 Å². The topological polar surface area (TPSA) is 507 Å². The highest BCUT2D eigenvalue weighted by molar-refractivity contribution is 14.1. The minimum atomic E-state index is -1.83. The third kappa shape index (κ3) is 25.6. The summed E-state index contributed by atoms with van der Waals surface area (Å²) in [5, 5.41) is 75.9. The van der Waals surface area contributed by atoms with Crippen molar-refractivity contribution >= 4 is 121 Å². The third-order valence-electron chi connectivity index (χ3n) is 24.0. The SMILES string of the molecule is C.CC(C)(C)OC(=O)N1CCN(C2CCC(n3nc(-c4ccc(F)c([N+](=O)[O-])c4)c4c(N)ncnc43)CC2)CC1.CC(C)(C)OC(=O)N1CCN(C2CCC(n3nc(-c4ccc(Oc5ccccc5)c([N+](=O)[O-])c4)c4c(N)ncnc43)CC2)CC1.CC(C)(C)OC(=O)N1CCN(C2CCC(n3nc(I)c4c(N)ncnc43)CC2)CC1.O=[N+]([O-])c1cc(B(O)O)ccc1F.Oc1ccccc1. The van der Waals surface area contributed by atoms with E-state index in [1.807, 2.05) is 93.4 Å². The fourth-order valence-electron chi connectivity index (χ4n) is 17.5. The Hall–Kier alpha value is -12.8. The highest BCUT2D eigenvalue weighted by Crippen LogP contribution is 2.44. The predicted molar refractivity (Wildman–Crippen MR) is 512 cm³/mol. The summed E-state index contributed by atoms with van der Waals surface area (Å²) >= 11 is 2.21. The molecule has 9 heterocycles. The second-order valence-electron chi connectivity index (χ2n) is 36.5. The molecule has 3 saturated heterocycles. The molecule has 0 bridgehead atoms. The van der Waals surface area contributed by atoms with Gasteiger partial charge in [0.25, 0.3) is 0 Å². The maximum absolute atomic E-state index is 14.0. The second-order valence-corrected chi connectivity index (χ2v) is 37.6. The molecule has 11 aromatic rings. The van der Waals surface area contributed by atoms with E-state index in [4.69, 9.17) is 66.6 Å². The van der Waals surface area contributed by atoms with E-state index in [9.17, 15) is 53.5 Å². The largest absolute Gasteiger partial charge is 0.508 e. The zero-order chi connectivity index (χ0) is 96.2. The summed E-state index contributed by atoms with van der Waals surface area (Å²) in [6.07, 6.45) is 15.3. The van der Waals surface area contributed by atoms with Crippen LogP contribution in [0.2, 0.25) is 0 Å². The summed E-state index contributed by atoms with van der Waals surface area (Å²) in [6.45, 7) is 26.1. The van der Waals surface area contributed by atoms with E-state index in [0.29, 0.717) is 112 Å². The molecule has 0 atom stereocenters. The van der Waals surface area contributed by atoms with Gasteiger partial charge in [-0.2, -0.15) is 24.1 Å². The average Bonchev–Trinajstić information content (AvgIpc) is 1.61. The molecule has 0 spiro atoms. The van der Waals surface area contributed by atoms with Crippen molar-refractivity contribution in [2.24, 2.45) is 0 Å². The van der Waals surface area contributed by atoms with Gasteiger partial charge in [-0.15, -0.1) is 0 Å². The van der Waals surface area contributed by atoms with Crippen molar-refractivity contribution in [2.75, 3.05) is 95.7 Å². The number of halogens is 3. The van der Waals surface area contributed by atoms with Gasteiger partial charge in [0.05, 0.1) is 49.1 Å². The molecular formula is C91H116BF2IN24O16.